The molecule has 0 bridgehead atoms. The van der Waals surface area contributed by atoms with Crippen molar-refractivity contribution in [1.29, 1.82) is 0 Å². The van der Waals surface area contributed by atoms with Gasteiger partial charge in [0.05, 0.1) is 21.3 Å². The zero-order valence-corrected chi connectivity index (χ0v) is 16.3. The summed E-state index contributed by atoms with van der Waals surface area (Å²) in [6.45, 7) is 1.79. The summed E-state index contributed by atoms with van der Waals surface area (Å²) >= 11 is 0. The predicted molar refractivity (Wildman–Crippen MR) is 106 cm³/mol. The quantitative estimate of drug-likeness (QED) is 0.492. The largest absolute Gasteiger partial charge is 0.493 e. The molecule has 7 heteroatoms. The van der Waals surface area contributed by atoms with E-state index in [4.69, 9.17) is 23.4 Å². The standard InChI is InChI=1S/C22H18O7/c1-11-7-18(23)29-21-13(11)5-6-14-19(21)20(24)15(28-14)8-12-9-16(25-2)22(27-4)17(10-12)26-3/h5-10H,1-4H3/b15-8-. The molecule has 0 aliphatic carbocycles. The minimum absolute atomic E-state index is 0.103. The molecule has 7 nitrogen and oxygen atoms in total. The smallest absolute Gasteiger partial charge is 0.336 e. The first kappa shape index (κ1) is 18.6. The lowest BCUT2D eigenvalue weighted by Crippen LogP contribution is -2.02. The number of hydrogen-bond acceptors (Lipinski definition) is 7. The first-order valence-electron chi connectivity index (χ1n) is 8.78. The van der Waals surface area contributed by atoms with Crippen LogP contribution in [-0.4, -0.2) is 27.1 Å². The summed E-state index contributed by atoms with van der Waals surface area (Å²) in [6, 6.07) is 8.26. The van der Waals surface area contributed by atoms with Crippen molar-refractivity contribution >= 4 is 22.8 Å². The molecule has 0 radical (unpaired) electrons. The maximum atomic E-state index is 13.0. The number of carbonyl (C=O) groups is 1. The van der Waals surface area contributed by atoms with Crippen LogP contribution in [0.3, 0.4) is 0 Å². The van der Waals surface area contributed by atoms with Gasteiger partial charge in [-0.1, -0.05) is 0 Å². The Morgan fingerprint density at radius 2 is 1.62 bits per heavy atom. The van der Waals surface area contributed by atoms with E-state index in [1.54, 1.807) is 37.3 Å². The second kappa shape index (κ2) is 7.01. The highest BCUT2D eigenvalue weighted by Gasteiger charge is 2.31. The van der Waals surface area contributed by atoms with E-state index in [0.29, 0.717) is 33.9 Å². The molecular weight excluding hydrogens is 376 g/mol. The van der Waals surface area contributed by atoms with Crippen molar-refractivity contribution in [3.63, 3.8) is 0 Å². The number of aryl methyl sites for hydroxylation is 1. The number of rotatable bonds is 4. The van der Waals surface area contributed by atoms with E-state index in [0.717, 1.165) is 5.56 Å². The van der Waals surface area contributed by atoms with Gasteiger partial charge in [0, 0.05) is 11.5 Å². The Kier molecular flexibility index (Phi) is 4.50. The maximum absolute atomic E-state index is 13.0. The van der Waals surface area contributed by atoms with Crippen LogP contribution in [0.1, 0.15) is 21.5 Å². The fourth-order valence-corrected chi connectivity index (χ4v) is 3.38. The molecule has 0 fully saturated rings. The molecule has 0 unspecified atom stereocenters. The number of ketones is 1. The Morgan fingerprint density at radius 3 is 2.24 bits per heavy atom. The summed E-state index contributed by atoms with van der Waals surface area (Å²) in [5.74, 6) is 1.43. The van der Waals surface area contributed by atoms with Crippen LogP contribution in [0.2, 0.25) is 0 Å². The number of methoxy groups -OCH3 is 3. The molecule has 0 saturated heterocycles. The number of benzene rings is 2. The number of hydrogen-bond donors (Lipinski definition) is 0. The first-order valence-corrected chi connectivity index (χ1v) is 8.78. The van der Waals surface area contributed by atoms with Crippen LogP contribution in [0.15, 0.2) is 45.3 Å². The zero-order valence-electron chi connectivity index (χ0n) is 16.3. The maximum Gasteiger partial charge on any atom is 0.336 e. The highest BCUT2D eigenvalue weighted by molar-refractivity contribution is 6.20. The van der Waals surface area contributed by atoms with Crippen molar-refractivity contribution in [2.24, 2.45) is 0 Å². The first-order chi connectivity index (χ1) is 14.0. The number of Topliss-reactive ketones (excluding diaryl/α,β-unsaturated/α-hetero) is 1. The van der Waals surface area contributed by atoms with Crippen LogP contribution in [0.25, 0.3) is 17.0 Å². The highest BCUT2D eigenvalue weighted by atomic mass is 16.5. The van der Waals surface area contributed by atoms with E-state index in [1.165, 1.54) is 27.4 Å². The molecule has 4 rings (SSSR count). The number of ether oxygens (including phenoxy) is 4. The molecule has 0 amide bonds. The lowest BCUT2D eigenvalue weighted by atomic mass is 10.0. The van der Waals surface area contributed by atoms with Crippen LogP contribution >= 0.6 is 0 Å². The Bertz CT molecular complexity index is 1210. The second-order valence-electron chi connectivity index (χ2n) is 6.46. The zero-order chi connectivity index (χ0) is 20.7. The van der Waals surface area contributed by atoms with Gasteiger partial charge in [-0.15, -0.1) is 0 Å². The van der Waals surface area contributed by atoms with Gasteiger partial charge in [0.2, 0.25) is 11.5 Å². The minimum Gasteiger partial charge on any atom is -0.493 e. The van der Waals surface area contributed by atoms with E-state index in [1.807, 2.05) is 0 Å². The fourth-order valence-electron chi connectivity index (χ4n) is 3.38. The Balaban J connectivity index is 1.84. The summed E-state index contributed by atoms with van der Waals surface area (Å²) in [7, 11) is 4.54. The van der Waals surface area contributed by atoms with E-state index in [2.05, 4.69) is 0 Å². The lowest BCUT2D eigenvalue weighted by molar-refractivity contribution is 0.101. The van der Waals surface area contributed by atoms with Crippen LogP contribution < -0.4 is 24.6 Å². The minimum atomic E-state index is -0.516. The fraction of sp³-hybridized carbons (Fsp3) is 0.182. The number of allylic oxidation sites excluding steroid dienone is 1. The van der Waals surface area contributed by atoms with Crippen molar-refractivity contribution in [1.82, 2.24) is 0 Å². The molecule has 0 spiro atoms. The van der Waals surface area contributed by atoms with Crippen LogP contribution in [-0.2, 0) is 0 Å². The van der Waals surface area contributed by atoms with Crippen LogP contribution in [0.4, 0.5) is 0 Å². The average molecular weight is 394 g/mol. The normalized spacial score (nSPS) is 14.1. The van der Waals surface area contributed by atoms with Gasteiger partial charge in [-0.05, 0) is 48.4 Å². The highest BCUT2D eigenvalue weighted by Crippen LogP contribution is 2.41. The molecule has 3 aromatic rings. The van der Waals surface area contributed by atoms with Gasteiger partial charge in [0.1, 0.15) is 11.3 Å². The average Bonchev–Trinajstić information content (AvgIpc) is 3.02. The van der Waals surface area contributed by atoms with Gasteiger partial charge in [-0.2, -0.15) is 0 Å². The predicted octanol–water partition coefficient (Wildman–Crippen LogP) is 3.74. The Hall–Kier alpha value is -3.74. The van der Waals surface area contributed by atoms with Gasteiger partial charge < -0.3 is 23.4 Å². The summed E-state index contributed by atoms with van der Waals surface area (Å²) in [6.07, 6.45) is 1.58. The molecule has 29 heavy (non-hydrogen) atoms. The second-order valence-corrected chi connectivity index (χ2v) is 6.46. The topological polar surface area (TPSA) is 84.2 Å². The third kappa shape index (κ3) is 3.00. The molecule has 1 aromatic heterocycles. The summed E-state index contributed by atoms with van der Waals surface area (Å²) in [5.41, 5.74) is 1.30. The van der Waals surface area contributed by atoms with Gasteiger partial charge in [-0.3, -0.25) is 4.79 Å². The van der Waals surface area contributed by atoms with Crippen molar-refractivity contribution in [3.05, 3.63) is 63.2 Å². The van der Waals surface area contributed by atoms with E-state index in [9.17, 15) is 9.59 Å². The monoisotopic (exact) mass is 394 g/mol. The molecule has 2 heterocycles. The van der Waals surface area contributed by atoms with E-state index >= 15 is 0 Å². The number of carbonyl (C=O) groups excluding carboxylic acids is 1. The Morgan fingerprint density at radius 1 is 0.931 bits per heavy atom. The molecule has 0 N–H and O–H groups in total. The van der Waals surface area contributed by atoms with Gasteiger partial charge in [-0.25, -0.2) is 4.79 Å². The van der Waals surface area contributed by atoms with Crippen molar-refractivity contribution < 1.29 is 28.2 Å². The van der Waals surface area contributed by atoms with E-state index < -0.39 is 5.63 Å². The SMILES string of the molecule is COc1cc(/C=C2\Oc3ccc4c(C)cc(=O)oc4c3C2=O)cc(OC)c1OC. The van der Waals surface area contributed by atoms with Crippen molar-refractivity contribution in [2.75, 3.05) is 21.3 Å². The molecule has 2 aromatic carbocycles. The Labute approximate surface area is 166 Å². The van der Waals surface area contributed by atoms with Crippen molar-refractivity contribution in [2.45, 2.75) is 6.92 Å². The van der Waals surface area contributed by atoms with Crippen LogP contribution in [0.5, 0.6) is 23.0 Å². The van der Waals surface area contributed by atoms with Gasteiger partial charge >= 0.3 is 5.63 Å². The third-order valence-electron chi connectivity index (χ3n) is 4.74. The molecule has 0 saturated carbocycles. The molecule has 148 valence electrons. The molecule has 1 aliphatic rings. The van der Waals surface area contributed by atoms with Crippen molar-refractivity contribution in [3.8, 4) is 23.0 Å². The molecular formula is C22H18O7. The number of fused-ring (bicyclic) bond motifs is 3. The third-order valence-corrected chi connectivity index (χ3v) is 4.74. The lowest BCUT2D eigenvalue weighted by Gasteiger charge is -2.13. The van der Waals surface area contributed by atoms with E-state index in [-0.39, 0.29) is 22.7 Å². The summed E-state index contributed by atoms with van der Waals surface area (Å²) < 4.78 is 27.1. The molecule has 0 atom stereocenters. The van der Waals surface area contributed by atoms with Crippen LogP contribution in [0, 0.1) is 6.92 Å². The summed E-state index contributed by atoms with van der Waals surface area (Å²) in [5, 5.41) is 0.689. The van der Waals surface area contributed by atoms with Gasteiger partial charge in [0.15, 0.2) is 22.8 Å². The molecule has 1 aliphatic heterocycles. The van der Waals surface area contributed by atoms with Gasteiger partial charge in [0.25, 0.3) is 0 Å². The summed E-state index contributed by atoms with van der Waals surface area (Å²) in [4.78, 5) is 24.8.